The van der Waals surface area contributed by atoms with E-state index in [-0.39, 0.29) is 12.2 Å². The maximum absolute atomic E-state index is 6.70. The van der Waals surface area contributed by atoms with Crippen molar-refractivity contribution in [1.82, 2.24) is 0 Å². The van der Waals surface area contributed by atoms with Gasteiger partial charge in [0.05, 0.1) is 28.6 Å². The van der Waals surface area contributed by atoms with Gasteiger partial charge < -0.3 is 19.5 Å². The van der Waals surface area contributed by atoms with Crippen molar-refractivity contribution < 1.29 is 9.47 Å². The lowest BCUT2D eigenvalue weighted by atomic mass is 9.84. The van der Waals surface area contributed by atoms with E-state index < -0.39 is 6.34 Å². The van der Waals surface area contributed by atoms with Crippen LogP contribution in [-0.4, -0.2) is 26.3 Å². The standard InChI is InChI=1S/C33H30N5O2PS/c1-33(2)25-13-7-10-16-28(25)37(3)32(33)31-21-35-38(24-11-5-4-6-12-24)41(31,42)36-27-15-9-8-14-26(27)34-20-23-17-18-29-30(19-23)40-22-39-29/h4-21H,22H2,1-3H3,(H,36,42). The molecule has 3 aliphatic rings. The van der Waals surface area contributed by atoms with Crippen molar-refractivity contribution in [3.63, 3.8) is 0 Å². The fourth-order valence-corrected chi connectivity index (χ4v) is 9.52. The highest BCUT2D eigenvalue weighted by atomic mass is 32.4. The molecule has 1 N–H and O–H groups in total. The zero-order valence-corrected chi connectivity index (χ0v) is 25.3. The molecule has 0 spiro atoms. The zero-order chi connectivity index (χ0) is 28.9. The van der Waals surface area contributed by atoms with Crippen LogP contribution in [0.15, 0.2) is 118 Å². The summed E-state index contributed by atoms with van der Waals surface area (Å²) < 4.78 is 13.0. The molecule has 3 heterocycles. The van der Waals surface area contributed by atoms with E-state index in [0.29, 0.717) is 0 Å². The number of rotatable bonds is 5. The first-order valence-electron chi connectivity index (χ1n) is 13.8. The molecule has 3 aliphatic heterocycles. The van der Waals surface area contributed by atoms with E-state index in [1.807, 2.05) is 77.9 Å². The van der Waals surface area contributed by atoms with E-state index in [0.717, 1.165) is 45.1 Å². The Bertz CT molecular complexity index is 1840. The third kappa shape index (κ3) is 4.30. The molecule has 0 fully saturated rings. The molecule has 0 amide bonds. The zero-order valence-electron chi connectivity index (χ0n) is 23.6. The van der Waals surface area contributed by atoms with Crippen LogP contribution in [-0.2, 0) is 17.2 Å². The van der Waals surface area contributed by atoms with Gasteiger partial charge in [-0.05, 0) is 71.5 Å². The molecule has 0 saturated heterocycles. The number of hydrogen-bond donors (Lipinski definition) is 1. The number of anilines is 3. The number of ether oxygens (including phenoxy) is 2. The fourth-order valence-electron chi connectivity index (χ4n) is 5.90. The van der Waals surface area contributed by atoms with Gasteiger partial charge in [0.2, 0.25) is 6.79 Å². The molecular formula is C33H30N5O2PS. The number of nitrogens with one attached hydrogen (secondary N) is 1. The van der Waals surface area contributed by atoms with Crippen molar-refractivity contribution in [2.75, 3.05) is 28.6 Å². The van der Waals surface area contributed by atoms with Crippen LogP contribution in [0.3, 0.4) is 0 Å². The molecule has 1 unspecified atom stereocenters. The van der Waals surface area contributed by atoms with E-state index in [2.05, 4.69) is 67.3 Å². The number of likely N-dealkylation sites (N-methyl/N-ethyl adjacent to an activating group) is 1. The summed E-state index contributed by atoms with van der Waals surface area (Å²) in [5, 5.41) is 9.78. The molecule has 0 aliphatic carbocycles. The maximum atomic E-state index is 6.70. The van der Waals surface area contributed by atoms with Crippen LogP contribution in [0.25, 0.3) is 0 Å². The summed E-state index contributed by atoms with van der Waals surface area (Å²) in [6.45, 7) is 4.77. The number of hydrogen-bond acceptors (Lipinski definition) is 6. The van der Waals surface area contributed by atoms with Gasteiger partial charge in [-0.3, -0.25) is 4.99 Å². The number of allylic oxidation sites excluding steroid dienone is 2. The number of benzene rings is 4. The van der Waals surface area contributed by atoms with E-state index in [9.17, 15) is 0 Å². The average Bonchev–Trinajstić information content (AvgIpc) is 3.66. The van der Waals surface area contributed by atoms with Gasteiger partial charge in [-0.15, -0.1) is 0 Å². The number of aliphatic imine (C=N–C) groups is 1. The number of hydrazone groups is 1. The molecule has 210 valence electrons. The lowest BCUT2D eigenvalue weighted by Gasteiger charge is -2.34. The highest BCUT2D eigenvalue weighted by Gasteiger charge is 2.46. The monoisotopic (exact) mass is 591 g/mol. The Kier molecular flexibility index (Phi) is 6.41. The number of nitrogens with zero attached hydrogens (tertiary/aromatic N) is 4. The third-order valence-electron chi connectivity index (χ3n) is 7.90. The van der Waals surface area contributed by atoms with Crippen molar-refractivity contribution in [1.29, 1.82) is 0 Å². The van der Waals surface area contributed by atoms with Gasteiger partial charge in [-0.25, -0.2) is 4.78 Å². The van der Waals surface area contributed by atoms with Gasteiger partial charge in [0.1, 0.15) is 0 Å². The van der Waals surface area contributed by atoms with Crippen molar-refractivity contribution in [3.05, 3.63) is 119 Å². The van der Waals surface area contributed by atoms with Crippen LogP contribution in [0.4, 0.5) is 22.7 Å². The second kappa shape index (κ2) is 10.2. The minimum absolute atomic E-state index is 0.238. The number of para-hydroxylation sites is 4. The first-order valence-corrected chi connectivity index (χ1v) is 16.5. The first kappa shape index (κ1) is 26.5. The summed E-state index contributed by atoms with van der Waals surface area (Å²) in [5.74, 6) is 1.47. The largest absolute Gasteiger partial charge is 0.454 e. The summed E-state index contributed by atoms with van der Waals surface area (Å²) in [5.41, 5.74) is 6.85. The third-order valence-corrected chi connectivity index (χ3v) is 11.6. The van der Waals surface area contributed by atoms with Crippen LogP contribution >= 0.6 is 6.34 Å². The highest BCUT2D eigenvalue weighted by Crippen LogP contribution is 2.65. The van der Waals surface area contributed by atoms with E-state index in [1.165, 1.54) is 11.3 Å². The van der Waals surface area contributed by atoms with E-state index >= 15 is 0 Å². The van der Waals surface area contributed by atoms with Gasteiger partial charge in [0, 0.05) is 30.1 Å². The molecule has 4 aromatic carbocycles. The molecule has 0 radical (unpaired) electrons. The fraction of sp³-hybridized carbons (Fsp3) is 0.152. The minimum atomic E-state index is -2.74. The topological polar surface area (TPSA) is 61.7 Å². The summed E-state index contributed by atoms with van der Waals surface area (Å²) in [4.78, 5) is 7.15. The highest BCUT2D eigenvalue weighted by molar-refractivity contribution is 8.18. The smallest absolute Gasteiger partial charge is 0.231 e. The normalized spacial score (nSPS) is 21.8. The second-order valence-electron chi connectivity index (χ2n) is 10.9. The first-order chi connectivity index (χ1) is 20.4. The molecule has 0 saturated carbocycles. The van der Waals surface area contributed by atoms with Crippen molar-refractivity contribution in [2.24, 2.45) is 10.1 Å². The van der Waals surface area contributed by atoms with Crippen LogP contribution < -0.4 is 24.2 Å². The Morgan fingerprint density at radius 3 is 2.50 bits per heavy atom. The lowest BCUT2D eigenvalue weighted by molar-refractivity contribution is 0.174. The summed E-state index contributed by atoms with van der Waals surface area (Å²) in [6, 6.07) is 32.5. The summed E-state index contributed by atoms with van der Waals surface area (Å²) >= 11 is 6.70. The van der Waals surface area contributed by atoms with Crippen LogP contribution in [0.1, 0.15) is 25.0 Å². The Balaban J connectivity index is 1.32. The molecule has 0 aromatic heterocycles. The SMILES string of the molecule is CN1C(=C2C=NN(c3ccccc3)P2(=S)Nc2ccccc2N=Cc2ccc3c(c2)OCO3)C(C)(C)c2ccccc21. The van der Waals surface area contributed by atoms with E-state index in [1.54, 1.807) is 0 Å². The Morgan fingerprint density at radius 2 is 1.67 bits per heavy atom. The molecule has 1 atom stereocenters. The minimum Gasteiger partial charge on any atom is -0.454 e. The van der Waals surface area contributed by atoms with Gasteiger partial charge in [0.25, 0.3) is 0 Å². The summed E-state index contributed by atoms with van der Waals surface area (Å²) in [7, 11) is 2.12. The van der Waals surface area contributed by atoms with E-state index in [4.69, 9.17) is 31.4 Å². The molecule has 9 heteroatoms. The van der Waals surface area contributed by atoms with Crippen LogP contribution in [0, 0.1) is 0 Å². The Labute approximate surface area is 250 Å². The Morgan fingerprint density at radius 1 is 0.929 bits per heavy atom. The quantitative estimate of drug-likeness (QED) is 0.187. The van der Waals surface area contributed by atoms with Crippen molar-refractivity contribution in [3.8, 4) is 11.5 Å². The molecular weight excluding hydrogens is 561 g/mol. The van der Waals surface area contributed by atoms with Gasteiger partial charge >= 0.3 is 0 Å². The van der Waals surface area contributed by atoms with Crippen LogP contribution in [0.5, 0.6) is 11.5 Å². The average molecular weight is 592 g/mol. The van der Waals surface area contributed by atoms with Crippen molar-refractivity contribution >= 4 is 53.3 Å². The Hall–Kier alpha value is -4.39. The second-order valence-corrected chi connectivity index (χ2v) is 14.7. The van der Waals surface area contributed by atoms with Crippen LogP contribution in [0.2, 0.25) is 0 Å². The molecule has 4 aromatic rings. The molecule has 7 nitrogen and oxygen atoms in total. The number of fused-ring (bicyclic) bond motifs is 2. The van der Waals surface area contributed by atoms with Gasteiger partial charge in [-0.2, -0.15) is 5.10 Å². The predicted octanol–water partition coefficient (Wildman–Crippen LogP) is 8.03. The van der Waals surface area contributed by atoms with Crippen molar-refractivity contribution in [2.45, 2.75) is 19.3 Å². The molecule has 7 rings (SSSR count). The summed E-state index contributed by atoms with van der Waals surface area (Å²) in [6.07, 6.45) is 1.05. The van der Waals surface area contributed by atoms with Gasteiger partial charge in [0.15, 0.2) is 17.8 Å². The lowest BCUT2D eigenvalue weighted by Crippen LogP contribution is -2.26. The maximum Gasteiger partial charge on any atom is 0.231 e. The molecule has 0 bridgehead atoms. The molecule has 42 heavy (non-hydrogen) atoms. The van der Waals surface area contributed by atoms with Gasteiger partial charge in [-0.1, -0.05) is 62.4 Å². The predicted molar refractivity (Wildman–Crippen MR) is 176 cm³/mol.